The minimum Gasteiger partial charge on any atom is -0.454 e. The predicted molar refractivity (Wildman–Crippen MR) is 87.5 cm³/mol. The zero-order valence-electron chi connectivity index (χ0n) is 11.6. The second-order valence-electron chi connectivity index (χ2n) is 4.44. The molecule has 0 aliphatic carbocycles. The van der Waals surface area contributed by atoms with Gasteiger partial charge in [0.25, 0.3) is 0 Å². The van der Waals surface area contributed by atoms with Crippen LogP contribution in [0.2, 0.25) is 0 Å². The van der Waals surface area contributed by atoms with Gasteiger partial charge in [0, 0.05) is 21.0 Å². The molecule has 0 atom stereocenters. The van der Waals surface area contributed by atoms with Crippen molar-refractivity contribution in [3.63, 3.8) is 0 Å². The van der Waals surface area contributed by atoms with E-state index >= 15 is 0 Å². The highest BCUT2D eigenvalue weighted by Crippen LogP contribution is 2.17. The molecule has 0 N–H and O–H groups in total. The Morgan fingerprint density at radius 3 is 2.77 bits per heavy atom. The molecule has 1 aromatic carbocycles. The topological polar surface area (TPSA) is 43.4 Å². The Labute approximate surface area is 139 Å². The van der Waals surface area contributed by atoms with E-state index in [1.54, 1.807) is 18.2 Å². The average molecular weight is 383 g/mol. The maximum absolute atomic E-state index is 13.5. The molecule has 3 nitrogen and oxygen atoms in total. The summed E-state index contributed by atoms with van der Waals surface area (Å²) in [5.74, 6) is -1.40. The molecule has 6 heteroatoms. The van der Waals surface area contributed by atoms with Crippen LogP contribution in [-0.4, -0.2) is 18.4 Å². The SMILES string of the molecule is Cc1ccc(C(=O)COC(=O)/C=C/c2cc(Br)ccc2F)s1. The zero-order chi connectivity index (χ0) is 16.1. The molecule has 1 aromatic heterocycles. The number of carbonyl (C=O) groups is 2. The van der Waals surface area contributed by atoms with Crippen molar-refractivity contribution in [2.45, 2.75) is 6.92 Å². The predicted octanol–water partition coefficient (Wildman–Crippen LogP) is 4.40. The van der Waals surface area contributed by atoms with Crippen molar-refractivity contribution < 1.29 is 18.7 Å². The summed E-state index contributed by atoms with van der Waals surface area (Å²) < 4.78 is 19.0. The smallest absolute Gasteiger partial charge is 0.331 e. The van der Waals surface area contributed by atoms with Gasteiger partial charge in [-0.1, -0.05) is 15.9 Å². The molecule has 0 fully saturated rings. The van der Waals surface area contributed by atoms with Crippen LogP contribution in [0.3, 0.4) is 0 Å². The first-order valence-corrected chi connectivity index (χ1v) is 7.96. The average Bonchev–Trinajstić information content (AvgIpc) is 2.92. The van der Waals surface area contributed by atoms with Crippen LogP contribution in [0.15, 0.2) is 40.9 Å². The lowest BCUT2D eigenvalue weighted by atomic mass is 10.2. The lowest BCUT2D eigenvalue weighted by Gasteiger charge is -2.00. The number of aryl methyl sites for hydroxylation is 1. The van der Waals surface area contributed by atoms with E-state index in [0.29, 0.717) is 9.35 Å². The molecule has 2 rings (SSSR count). The van der Waals surface area contributed by atoms with E-state index in [1.165, 1.54) is 23.5 Å². The molecular formula is C16H12BrFO3S. The number of benzene rings is 1. The van der Waals surface area contributed by atoms with Gasteiger partial charge in [-0.15, -0.1) is 11.3 Å². The second-order valence-corrected chi connectivity index (χ2v) is 6.64. The van der Waals surface area contributed by atoms with Crippen molar-refractivity contribution in [2.75, 3.05) is 6.61 Å². The van der Waals surface area contributed by atoms with Crippen LogP contribution < -0.4 is 0 Å². The number of carbonyl (C=O) groups excluding carboxylic acids is 2. The van der Waals surface area contributed by atoms with Gasteiger partial charge in [0.15, 0.2) is 6.61 Å². The van der Waals surface area contributed by atoms with Crippen molar-refractivity contribution in [2.24, 2.45) is 0 Å². The number of Topliss-reactive ketones (excluding diaryl/α,β-unsaturated/α-hetero) is 1. The Hall–Kier alpha value is -1.79. The number of ketones is 1. The maximum Gasteiger partial charge on any atom is 0.331 e. The molecule has 0 saturated carbocycles. The van der Waals surface area contributed by atoms with Crippen LogP contribution in [0.5, 0.6) is 0 Å². The highest BCUT2D eigenvalue weighted by atomic mass is 79.9. The number of hydrogen-bond donors (Lipinski definition) is 0. The molecule has 1 heterocycles. The van der Waals surface area contributed by atoms with Gasteiger partial charge in [0.1, 0.15) is 5.82 Å². The van der Waals surface area contributed by atoms with Gasteiger partial charge >= 0.3 is 5.97 Å². The third-order valence-electron chi connectivity index (χ3n) is 2.72. The van der Waals surface area contributed by atoms with E-state index in [0.717, 1.165) is 11.0 Å². The normalized spacial score (nSPS) is 10.9. The van der Waals surface area contributed by atoms with Crippen LogP contribution >= 0.6 is 27.3 Å². The zero-order valence-corrected chi connectivity index (χ0v) is 14.0. The summed E-state index contributed by atoms with van der Waals surface area (Å²) in [7, 11) is 0. The third-order valence-corrected chi connectivity index (χ3v) is 4.25. The Kier molecular flexibility index (Phi) is 5.63. The van der Waals surface area contributed by atoms with Crippen molar-refractivity contribution in [3.8, 4) is 0 Å². The van der Waals surface area contributed by atoms with E-state index < -0.39 is 11.8 Å². The third kappa shape index (κ3) is 4.61. The summed E-state index contributed by atoms with van der Waals surface area (Å²) in [5, 5.41) is 0. The lowest BCUT2D eigenvalue weighted by Crippen LogP contribution is -2.11. The van der Waals surface area contributed by atoms with Crippen molar-refractivity contribution in [1.29, 1.82) is 0 Å². The Morgan fingerprint density at radius 2 is 2.09 bits per heavy atom. The van der Waals surface area contributed by atoms with Gasteiger partial charge in [0.05, 0.1) is 4.88 Å². The molecule has 0 spiro atoms. The van der Waals surface area contributed by atoms with Gasteiger partial charge in [-0.2, -0.15) is 0 Å². The van der Waals surface area contributed by atoms with Crippen LogP contribution in [0.25, 0.3) is 6.08 Å². The van der Waals surface area contributed by atoms with Gasteiger partial charge in [-0.25, -0.2) is 9.18 Å². The van der Waals surface area contributed by atoms with Crippen molar-refractivity contribution in [3.05, 3.63) is 62.0 Å². The molecule has 2 aromatic rings. The number of esters is 1. The molecule has 0 bridgehead atoms. The van der Waals surface area contributed by atoms with Crippen LogP contribution in [0.4, 0.5) is 4.39 Å². The fourth-order valence-electron chi connectivity index (χ4n) is 1.64. The number of ether oxygens (including phenoxy) is 1. The monoisotopic (exact) mass is 382 g/mol. The number of halogens is 2. The van der Waals surface area contributed by atoms with E-state index in [4.69, 9.17) is 4.74 Å². The standard InChI is InChI=1S/C16H12BrFO3S/c1-10-2-6-15(22-10)14(19)9-21-16(20)7-3-11-8-12(17)4-5-13(11)18/h2-8H,9H2,1H3/b7-3+. The second kappa shape index (κ2) is 7.47. The van der Waals surface area contributed by atoms with Gasteiger partial charge in [-0.05, 0) is 43.3 Å². The van der Waals surface area contributed by atoms with Gasteiger partial charge < -0.3 is 4.74 Å². The first-order chi connectivity index (χ1) is 10.5. The maximum atomic E-state index is 13.5. The summed E-state index contributed by atoms with van der Waals surface area (Å²) in [6.45, 7) is 1.56. The lowest BCUT2D eigenvalue weighted by molar-refractivity contribution is -0.136. The largest absolute Gasteiger partial charge is 0.454 e. The van der Waals surface area contributed by atoms with Crippen LogP contribution in [-0.2, 0) is 9.53 Å². The van der Waals surface area contributed by atoms with E-state index in [2.05, 4.69) is 15.9 Å². The molecule has 0 unspecified atom stereocenters. The van der Waals surface area contributed by atoms with Gasteiger partial charge in [0.2, 0.25) is 5.78 Å². The van der Waals surface area contributed by atoms with Crippen molar-refractivity contribution >= 4 is 45.1 Å². The number of rotatable bonds is 5. The minimum absolute atomic E-state index is 0.256. The fraction of sp³-hybridized carbons (Fsp3) is 0.125. The first kappa shape index (κ1) is 16.6. The number of hydrogen-bond acceptors (Lipinski definition) is 4. The van der Waals surface area contributed by atoms with Gasteiger partial charge in [-0.3, -0.25) is 4.79 Å². The molecular weight excluding hydrogens is 371 g/mol. The quantitative estimate of drug-likeness (QED) is 0.437. The minimum atomic E-state index is -0.694. The van der Waals surface area contributed by atoms with E-state index in [9.17, 15) is 14.0 Å². The molecule has 0 saturated heterocycles. The fourth-order valence-corrected chi connectivity index (χ4v) is 2.81. The van der Waals surface area contributed by atoms with E-state index in [-0.39, 0.29) is 18.0 Å². The molecule has 0 aliphatic rings. The summed E-state index contributed by atoms with van der Waals surface area (Å²) in [5.41, 5.74) is 0.256. The Morgan fingerprint density at radius 1 is 1.32 bits per heavy atom. The molecule has 22 heavy (non-hydrogen) atoms. The summed E-state index contributed by atoms with van der Waals surface area (Å²) in [4.78, 5) is 24.9. The summed E-state index contributed by atoms with van der Waals surface area (Å²) >= 11 is 4.57. The van der Waals surface area contributed by atoms with Crippen molar-refractivity contribution in [1.82, 2.24) is 0 Å². The van der Waals surface area contributed by atoms with Crippen LogP contribution in [0, 0.1) is 12.7 Å². The first-order valence-electron chi connectivity index (χ1n) is 6.35. The number of thiophene rings is 1. The van der Waals surface area contributed by atoms with Crippen LogP contribution in [0.1, 0.15) is 20.1 Å². The molecule has 0 aliphatic heterocycles. The molecule has 114 valence electrons. The highest BCUT2D eigenvalue weighted by Gasteiger charge is 2.10. The van der Waals surface area contributed by atoms with E-state index in [1.807, 2.05) is 13.0 Å². The Bertz CT molecular complexity index is 737. The highest BCUT2D eigenvalue weighted by molar-refractivity contribution is 9.10. The molecule has 0 radical (unpaired) electrons. The summed E-state index contributed by atoms with van der Waals surface area (Å²) in [6, 6.07) is 7.92. The Balaban J connectivity index is 1.91. The molecule has 0 amide bonds. The summed E-state index contributed by atoms with van der Waals surface area (Å²) in [6.07, 6.45) is 2.40.